The largest absolute Gasteiger partial charge is 0.383 e. The van der Waals surface area contributed by atoms with Crippen LogP contribution in [0.15, 0.2) is 34.9 Å². The first-order valence-corrected chi connectivity index (χ1v) is 16.8. The van der Waals surface area contributed by atoms with Crippen molar-refractivity contribution in [3.8, 4) is 11.3 Å². The van der Waals surface area contributed by atoms with E-state index in [2.05, 4.69) is 29.4 Å². The molecular formula is C35H47N7O6. The molecule has 1 aliphatic carbocycles. The Morgan fingerprint density at radius 1 is 1.08 bits per heavy atom. The third-order valence-corrected chi connectivity index (χ3v) is 9.24. The molecule has 1 N–H and O–H groups in total. The van der Waals surface area contributed by atoms with Crippen molar-refractivity contribution in [2.24, 2.45) is 13.0 Å². The molecular weight excluding hydrogens is 614 g/mol. The van der Waals surface area contributed by atoms with E-state index in [1.54, 1.807) is 23.6 Å². The number of nitrogens with zero attached hydrogens (tertiary/aromatic N) is 6. The number of benzene rings is 1. The van der Waals surface area contributed by atoms with Gasteiger partial charge in [-0.1, -0.05) is 49.3 Å². The molecule has 13 nitrogen and oxygen atoms in total. The molecule has 1 unspecified atom stereocenters. The molecule has 258 valence electrons. The molecule has 0 radical (unpaired) electrons. The number of carbonyl (C=O) groups excluding carboxylic acids is 4. The van der Waals surface area contributed by atoms with Crippen LogP contribution >= 0.6 is 0 Å². The van der Waals surface area contributed by atoms with Gasteiger partial charge in [0.2, 0.25) is 11.8 Å². The number of hydrogen-bond acceptors (Lipinski definition) is 8. The normalized spacial score (nSPS) is 18.1. The highest BCUT2D eigenvalue weighted by Gasteiger charge is 2.35. The third kappa shape index (κ3) is 7.78. The van der Waals surface area contributed by atoms with Crippen LogP contribution in [0.1, 0.15) is 71.0 Å². The zero-order valence-electron chi connectivity index (χ0n) is 28.7. The van der Waals surface area contributed by atoms with Crippen molar-refractivity contribution >= 4 is 23.6 Å². The molecule has 0 saturated heterocycles. The summed E-state index contributed by atoms with van der Waals surface area (Å²) >= 11 is 0. The van der Waals surface area contributed by atoms with E-state index in [-0.39, 0.29) is 75.4 Å². The van der Waals surface area contributed by atoms with Crippen molar-refractivity contribution in [3.05, 3.63) is 58.6 Å². The minimum absolute atomic E-state index is 0.0539. The van der Waals surface area contributed by atoms with E-state index >= 15 is 0 Å². The van der Waals surface area contributed by atoms with Gasteiger partial charge in [0, 0.05) is 76.2 Å². The Morgan fingerprint density at radius 3 is 2.58 bits per heavy atom. The van der Waals surface area contributed by atoms with Crippen molar-refractivity contribution in [2.45, 2.75) is 58.9 Å². The predicted molar refractivity (Wildman–Crippen MR) is 178 cm³/mol. The summed E-state index contributed by atoms with van der Waals surface area (Å²) in [6.07, 6.45) is 2.83. The molecule has 1 aromatic carbocycles. The van der Waals surface area contributed by atoms with Crippen molar-refractivity contribution < 1.29 is 28.4 Å². The van der Waals surface area contributed by atoms with E-state index in [9.17, 15) is 19.2 Å². The summed E-state index contributed by atoms with van der Waals surface area (Å²) in [5.74, 6) is -0.344. The van der Waals surface area contributed by atoms with E-state index in [1.807, 2.05) is 42.3 Å². The summed E-state index contributed by atoms with van der Waals surface area (Å²) in [4.78, 5) is 60.4. The van der Waals surface area contributed by atoms with Crippen LogP contribution in [0.2, 0.25) is 0 Å². The Labute approximate surface area is 281 Å². The first-order valence-electron chi connectivity index (χ1n) is 16.8. The lowest BCUT2D eigenvalue weighted by molar-refractivity contribution is -0.134. The van der Waals surface area contributed by atoms with E-state index in [0.29, 0.717) is 48.0 Å². The van der Waals surface area contributed by atoms with E-state index in [0.717, 1.165) is 29.7 Å². The van der Waals surface area contributed by atoms with Crippen molar-refractivity contribution in [3.63, 3.8) is 0 Å². The second kappa shape index (κ2) is 15.6. The Bertz CT molecular complexity index is 1610. The van der Waals surface area contributed by atoms with E-state index in [4.69, 9.17) is 9.26 Å². The summed E-state index contributed by atoms with van der Waals surface area (Å²) in [5, 5.41) is 11.7. The molecule has 2 aliphatic rings. The molecule has 5 rings (SSSR count). The highest BCUT2D eigenvalue weighted by molar-refractivity contribution is 6.01. The summed E-state index contributed by atoms with van der Waals surface area (Å²) in [5.41, 5.74) is 3.61. The van der Waals surface area contributed by atoms with Crippen LogP contribution in [0.3, 0.4) is 0 Å². The van der Waals surface area contributed by atoms with Crippen LogP contribution in [-0.2, 0) is 34.2 Å². The van der Waals surface area contributed by atoms with Gasteiger partial charge in [-0.25, -0.2) is 0 Å². The van der Waals surface area contributed by atoms with Gasteiger partial charge in [0.05, 0.1) is 13.2 Å². The predicted octanol–water partition coefficient (Wildman–Crippen LogP) is 2.87. The number of carbonyl (C=O) groups is 4. The molecule has 1 aliphatic heterocycles. The number of aromatic nitrogens is 3. The van der Waals surface area contributed by atoms with Gasteiger partial charge in [0.15, 0.2) is 5.69 Å². The van der Waals surface area contributed by atoms with Crippen LogP contribution in [0.25, 0.3) is 11.3 Å². The van der Waals surface area contributed by atoms with Crippen LogP contribution < -0.4 is 5.32 Å². The minimum Gasteiger partial charge on any atom is -0.383 e. The number of nitrogens with one attached hydrogen (secondary N) is 1. The average Bonchev–Trinajstić information content (AvgIpc) is 3.62. The highest BCUT2D eigenvalue weighted by Crippen LogP contribution is 2.30. The van der Waals surface area contributed by atoms with Gasteiger partial charge in [-0.05, 0) is 38.5 Å². The van der Waals surface area contributed by atoms with Crippen LogP contribution in [-0.4, -0.2) is 112 Å². The second-order valence-electron chi connectivity index (χ2n) is 13.0. The first kappa shape index (κ1) is 34.8. The Morgan fingerprint density at radius 2 is 1.85 bits per heavy atom. The van der Waals surface area contributed by atoms with Crippen LogP contribution in [0.5, 0.6) is 0 Å². The number of ether oxygens (including phenoxy) is 1. The maximum Gasteiger partial charge on any atom is 0.275 e. The minimum atomic E-state index is -0.372. The maximum absolute atomic E-state index is 14.2. The fourth-order valence-corrected chi connectivity index (χ4v) is 6.54. The van der Waals surface area contributed by atoms with Gasteiger partial charge < -0.3 is 29.3 Å². The van der Waals surface area contributed by atoms with Gasteiger partial charge in [-0.2, -0.15) is 5.10 Å². The smallest absolute Gasteiger partial charge is 0.275 e. The SMILES string of the molecule is COCCN1CC(=O)NCCN(C(=O)c2c(-c3ccccc3)noc2C)CCC(=O)N(CCC(C)C)C2CCc3c(c(nn3C)C1=O)C2. The molecule has 2 bridgehead atoms. The first-order chi connectivity index (χ1) is 23.1. The van der Waals surface area contributed by atoms with Crippen LogP contribution in [0, 0.1) is 12.8 Å². The lowest BCUT2D eigenvalue weighted by Gasteiger charge is -2.36. The van der Waals surface area contributed by atoms with Gasteiger partial charge in [-0.3, -0.25) is 23.9 Å². The molecule has 3 heterocycles. The molecule has 0 spiro atoms. The number of amides is 4. The number of rotatable bonds is 8. The highest BCUT2D eigenvalue weighted by atomic mass is 16.5. The zero-order valence-corrected chi connectivity index (χ0v) is 28.7. The summed E-state index contributed by atoms with van der Waals surface area (Å²) in [6.45, 7) is 7.22. The maximum atomic E-state index is 14.2. The van der Waals surface area contributed by atoms with Crippen molar-refractivity contribution in [1.82, 2.24) is 35.0 Å². The number of aryl methyl sites for hydroxylation is 2. The average molecular weight is 662 g/mol. The van der Waals surface area contributed by atoms with Crippen LogP contribution in [0.4, 0.5) is 0 Å². The summed E-state index contributed by atoms with van der Waals surface area (Å²) in [7, 11) is 3.38. The van der Waals surface area contributed by atoms with Crippen molar-refractivity contribution in [2.75, 3.05) is 53.0 Å². The van der Waals surface area contributed by atoms with Gasteiger partial charge in [0.25, 0.3) is 11.8 Å². The Balaban J connectivity index is 1.49. The molecule has 3 aromatic rings. The fraction of sp³-hybridized carbons (Fsp3) is 0.543. The molecule has 1 atom stereocenters. The van der Waals surface area contributed by atoms with Gasteiger partial charge >= 0.3 is 0 Å². The second-order valence-corrected chi connectivity index (χ2v) is 13.0. The lowest BCUT2D eigenvalue weighted by atomic mass is 9.89. The molecule has 2 aromatic heterocycles. The Kier molecular flexibility index (Phi) is 11.3. The molecule has 13 heteroatoms. The van der Waals surface area contributed by atoms with Crippen molar-refractivity contribution in [1.29, 1.82) is 0 Å². The van der Waals surface area contributed by atoms with E-state index in [1.165, 1.54) is 4.90 Å². The lowest BCUT2D eigenvalue weighted by Crippen LogP contribution is -2.48. The third-order valence-electron chi connectivity index (χ3n) is 9.24. The molecule has 4 amide bonds. The number of methoxy groups -OCH3 is 1. The molecule has 0 saturated carbocycles. The Hall–Kier alpha value is -4.52. The van der Waals surface area contributed by atoms with Gasteiger partial charge in [-0.15, -0.1) is 0 Å². The van der Waals surface area contributed by atoms with Gasteiger partial charge in [0.1, 0.15) is 17.0 Å². The van der Waals surface area contributed by atoms with E-state index < -0.39 is 0 Å². The monoisotopic (exact) mass is 661 g/mol. The topological polar surface area (TPSA) is 143 Å². The quantitative estimate of drug-likeness (QED) is 0.389. The number of fused-ring (bicyclic) bond motifs is 1. The summed E-state index contributed by atoms with van der Waals surface area (Å²) < 4.78 is 12.5. The fourth-order valence-electron chi connectivity index (χ4n) is 6.54. The zero-order chi connectivity index (χ0) is 34.4. The molecule has 0 fully saturated rings. The standard InChI is InChI=1S/C35H47N7O6/c1-23(2)13-17-42-26-11-12-28-27(21-26)33(37-39(28)4)35(46)41(19-20-47-5)22-29(43)36-15-18-40(16-14-30(42)44)34(45)31-24(3)48-38-32(31)25-9-7-6-8-10-25/h6-10,23,26H,11-22H2,1-5H3,(H,36,43). The summed E-state index contributed by atoms with van der Waals surface area (Å²) in [6, 6.07) is 9.20. The number of hydrogen-bond donors (Lipinski definition) is 1. The molecule has 48 heavy (non-hydrogen) atoms.